The zero-order valence-electron chi connectivity index (χ0n) is 17.2. The maximum atomic E-state index is 12.8. The van der Waals surface area contributed by atoms with Gasteiger partial charge in [-0.15, -0.1) is 21.5 Å². The predicted octanol–water partition coefficient (Wildman–Crippen LogP) is 1.78. The van der Waals surface area contributed by atoms with Crippen LogP contribution in [0, 0.1) is 0 Å². The molecule has 144 valence electrons. The highest BCUT2D eigenvalue weighted by atomic mass is 35.5. The number of ether oxygens (including phenoxy) is 2. The third kappa shape index (κ3) is 4.12. The number of morpholine rings is 1. The van der Waals surface area contributed by atoms with Gasteiger partial charge in [0, 0.05) is 35.6 Å². The Morgan fingerprint density at radius 2 is 2.15 bits per heavy atom. The normalized spacial score (nSPS) is 16.1. The van der Waals surface area contributed by atoms with Gasteiger partial charge in [0.05, 0.1) is 31.7 Å². The Balaban J connectivity index is 1.89. The van der Waals surface area contributed by atoms with Gasteiger partial charge < -0.3 is 25.0 Å². The van der Waals surface area contributed by atoms with E-state index in [1.165, 1.54) is 24.5 Å². The number of rotatable bonds is 5. The monoisotopic (exact) mass is 414 g/mol. The molecule has 27 heavy (non-hydrogen) atoms. The summed E-state index contributed by atoms with van der Waals surface area (Å²) < 4.78 is 32.3. The number of amides is 2. The maximum absolute atomic E-state index is 12.8. The molecule has 1 aliphatic heterocycles. The maximum Gasteiger partial charge on any atom is 0.273 e. The van der Waals surface area contributed by atoms with Crippen molar-refractivity contribution in [1.29, 1.82) is 0 Å². The van der Waals surface area contributed by atoms with Crippen molar-refractivity contribution in [1.82, 2.24) is 20.4 Å². The molecule has 0 bridgehead atoms. The molecule has 0 radical (unpaired) electrons. The van der Waals surface area contributed by atoms with E-state index < -0.39 is 12.9 Å². The Kier molecular flexibility index (Phi) is 4.92. The van der Waals surface area contributed by atoms with Gasteiger partial charge in [-0.3, -0.25) is 9.59 Å². The van der Waals surface area contributed by atoms with Gasteiger partial charge in [0.25, 0.3) is 11.8 Å². The Bertz CT molecular complexity index is 949. The van der Waals surface area contributed by atoms with Crippen molar-refractivity contribution < 1.29 is 23.2 Å². The van der Waals surface area contributed by atoms with Gasteiger partial charge in [0.15, 0.2) is 16.6 Å². The first-order valence-electron chi connectivity index (χ1n) is 9.35. The molecule has 9 nitrogen and oxygen atoms in total. The van der Waals surface area contributed by atoms with Crippen molar-refractivity contribution in [2.75, 3.05) is 45.7 Å². The standard InChI is InChI=1S/C16H18ClN5O4S/c1-18-15(23)12-9(7-11(17)20-21-12)19-10-8-27-14(13(10)25-2)16(24)22-3-5-26-6-4-22/h7-8H,3-6H2,1-2H3,(H,18,23)(H,19,20)/i1D3. The van der Waals surface area contributed by atoms with Gasteiger partial charge in [-0.05, 0) is 0 Å². The summed E-state index contributed by atoms with van der Waals surface area (Å²) in [4.78, 5) is 27.2. The largest absolute Gasteiger partial charge is 0.493 e. The summed E-state index contributed by atoms with van der Waals surface area (Å²) in [6, 6.07) is 1.32. The number of nitrogens with one attached hydrogen (secondary N) is 2. The summed E-state index contributed by atoms with van der Waals surface area (Å²) in [5.74, 6) is -0.869. The molecular formula is C16H18ClN5O4S. The second-order valence-corrected chi connectivity index (χ2v) is 6.69. The summed E-state index contributed by atoms with van der Waals surface area (Å²) in [5, 5.41) is 13.7. The first kappa shape index (κ1) is 15.6. The van der Waals surface area contributed by atoms with E-state index in [1.807, 2.05) is 5.32 Å². The molecule has 2 N–H and O–H groups in total. The average molecular weight is 415 g/mol. The molecule has 1 aliphatic rings. The number of nitrogens with zero attached hydrogens (tertiary/aromatic N) is 3. The molecule has 0 spiro atoms. The van der Waals surface area contributed by atoms with Crippen LogP contribution in [0.3, 0.4) is 0 Å². The molecule has 2 aromatic rings. The third-order valence-corrected chi connectivity index (χ3v) is 4.94. The van der Waals surface area contributed by atoms with Crippen molar-refractivity contribution in [2.24, 2.45) is 0 Å². The highest BCUT2D eigenvalue weighted by molar-refractivity contribution is 7.13. The van der Waals surface area contributed by atoms with E-state index in [-0.39, 0.29) is 28.2 Å². The molecule has 3 heterocycles. The predicted molar refractivity (Wildman–Crippen MR) is 101 cm³/mol. The van der Waals surface area contributed by atoms with E-state index in [0.29, 0.717) is 36.9 Å². The van der Waals surface area contributed by atoms with Crippen LogP contribution >= 0.6 is 22.9 Å². The minimum absolute atomic E-state index is 0.0123. The van der Waals surface area contributed by atoms with Gasteiger partial charge in [-0.1, -0.05) is 11.6 Å². The summed E-state index contributed by atoms with van der Waals surface area (Å²) in [5.41, 5.74) is 0.231. The number of thiophene rings is 1. The van der Waals surface area contributed by atoms with E-state index in [9.17, 15) is 9.59 Å². The van der Waals surface area contributed by atoms with E-state index in [0.717, 1.165) is 0 Å². The minimum atomic E-state index is -2.70. The minimum Gasteiger partial charge on any atom is -0.493 e. The Morgan fingerprint density at radius 3 is 2.85 bits per heavy atom. The summed E-state index contributed by atoms with van der Waals surface area (Å²) in [6.07, 6.45) is 0. The van der Waals surface area contributed by atoms with Crippen LogP contribution in [0.1, 0.15) is 24.3 Å². The van der Waals surface area contributed by atoms with Crippen molar-refractivity contribution in [3.05, 3.63) is 27.2 Å². The highest BCUT2D eigenvalue weighted by Gasteiger charge is 2.26. The molecule has 0 atom stereocenters. The van der Waals surface area contributed by atoms with Crippen LogP contribution in [0.5, 0.6) is 5.75 Å². The number of anilines is 2. The lowest BCUT2D eigenvalue weighted by atomic mass is 10.2. The van der Waals surface area contributed by atoms with Gasteiger partial charge in [-0.25, -0.2) is 0 Å². The van der Waals surface area contributed by atoms with Crippen LogP contribution in [-0.4, -0.2) is 67.3 Å². The van der Waals surface area contributed by atoms with Crippen LogP contribution in [0.4, 0.5) is 11.4 Å². The smallest absolute Gasteiger partial charge is 0.273 e. The first-order chi connectivity index (χ1) is 14.2. The van der Waals surface area contributed by atoms with Crippen LogP contribution in [-0.2, 0) is 4.74 Å². The number of hydrogen-bond acceptors (Lipinski definition) is 8. The molecule has 0 unspecified atom stereocenters. The lowest BCUT2D eigenvalue weighted by molar-refractivity contribution is 0.0304. The molecule has 11 heteroatoms. The molecule has 2 amide bonds. The Labute approximate surface area is 168 Å². The SMILES string of the molecule is [2H]C([2H])([2H])NC(=O)c1nnc(Cl)cc1Nc1csc(C(=O)N2CCOCC2)c1OC. The Hall–Kier alpha value is -2.43. The van der Waals surface area contributed by atoms with E-state index in [2.05, 4.69) is 15.5 Å². The number of methoxy groups -OCH3 is 1. The first-order valence-corrected chi connectivity index (χ1v) is 9.10. The summed E-state index contributed by atoms with van der Waals surface area (Å²) in [6.45, 7) is -0.813. The lowest BCUT2D eigenvalue weighted by Gasteiger charge is -2.26. The second kappa shape index (κ2) is 8.51. The van der Waals surface area contributed by atoms with Crippen molar-refractivity contribution >= 4 is 46.1 Å². The summed E-state index contributed by atoms with van der Waals surface area (Å²) in [7, 11) is 1.42. The van der Waals surface area contributed by atoms with Gasteiger partial charge in [-0.2, -0.15) is 0 Å². The Morgan fingerprint density at radius 1 is 1.37 bits per heavy atom. The zero-order valence-corrected chi connectivity index (χ0v) is 15.8. The topological polar surface area (TPSA) is 106 Å². The van der Waals surface area contributed by atoms with E-state index in [1.54, 1.807) is 10.3 Å². The molecule has 1 fully saturated rings. The summed E-state index contributed by atoms with van der Waals surface area (Å²) >= 11 is 7.07. The van der Waals surface area contributed by atoms with Crippen LogP contribution < -0.4 is 15.4 Å². The van der Waals surface area contributed by atoms with Crippen molar-refractivity contribution in [2.45, 2.75) is 0 Å². The number of carbonyl (C=O) groups is 2. The molecule has 2 aromatic heterocycles. The zero-order chi connectivity index (χ0) is 21.9. The number of halogens is 1. The van der Waals surface area contributed by atoms with Crippen molar-refractivity contribution in [3.63, 3.8) is 0 Å². The van der Waals surface area contributed by atoms with Crippen LogP contribution in [0.2, 0.25) is 5.15 Å². The van der Waals surface area contributed by atoms with E-state index >= 15 is 0 Å². The van der Waals surface area contributed by atoms with Crippen molar-refractivity contribution in [3.8, 4) is 5.75 Å². The van der Waals surface area contributed by atoms with Gasteiger partial charge in [0.2, 0.25) is 0 Å². The van der Waals surface area contributed by atoms with Crippen LogP contribution in [0.25, 0.3) is 0 Å². The molecule has 0 aromatic carbocycles. The second-order valence-electron chi connectivity index (χ2n) is 5.42. The molecule has 0 aliphatic carbocycles. The van der Waals surface area contributed by atoms with E-state index in [4.69, 9.17) is 25.2 Å². The third-order valence-electron chi connectivity index (χ3n) is 3.80. The fourth-order valence-corrected chi connectivity index (χ4v) is 3.61. The molecular weight excluding hydrogens is 394 g/mol. The quantitative estimate of drug-likeness (QED) is 0.768. The highest BCUT2D eigenvalue weighted by Crippen LogP contribution is 2.38. The fourth-order valence-electron chi connectivity index (χ4n) is 2.53. The average Bonchev–Trinajstić information content (AvgIpc) is 3.09. The number of aromatic nitrogens is 2. The lowest BCUT2D eigenvalue weighted by Crippen LogP contribution is -2.40. The van der Waals surface area contributed by atoms with Crippen LogP contribution in [0.15, 0.2) is 11.4 Å². The molecule has 0 saturated carbocycles. The van der Waals surface area contributed by atoms with Gasteiger partial charge in [0.1, 0.15) is 4.88 Å². The molecule has 3 rings (SSSR count). The van der Waals surface area contributed by atoms with Gasteiger partial charge >= 0.3 is 0 Å². The number of carbonyl (C=O) groups excluding carboxylic acids is 2. The molecule has 1 saturated heterocycles. The fraction of sp³-hybridized carbons (Fsp3) is 0.375. The number of hydrogen-bond donors (Lipinski definition) is 2.